The van der Waals surface area contributed by atoms with Gasteiger partial charge in [0.2, 0.25) is 0 Å². The average molecular weight is 239 g/mol. The average Bonchev–Trinajstić information content (AvgIpc) is 2.66. The van der Waals surface area contributed by atoms with Crippen molar-refractivity contribution >= 4 is 5.57 Å². The molecule has 0 unspecified atom stereocenters. The van der Waals surface area contributed by atoms with Crippen molar-refractivity contribution in [1.29, 1.82) is 0 Å². The minimum atomic E-state index is 0.322. The first-order chi connectivity index (χ1) is 8.31. The highest BCUT2D eigenvalue weighted by Gasteiger charge is 2.37. The molecule has 0 N–H and O–H groups in total. The second kappa shape index (κ2) is 3.50. The van der Waals surface area contributed by atoms with E-state index in [2.05, 4.69) is 59.2 Å². The maximum absolute atomic E-state index is 2.46. The highest BCUT2D eigenvalue weighted by Crippen LogP contribution is 2.48. The molecule has 0 heteroatoms. The molecule has 0 spiro atoms. The third-order valence-corrected chi connectivity index (χ3v) is 4.96. The van der Waals surface area contributed by atoms with E-state index in [1.165, 1.54) is 29.5 Å². The van der Waals surface area contributed by atoms with E-state index in [0.29, 0.717) is 10.8 Å². The van der Waals surface area contributed by atoms with Gasteiger partial charge in [0.15, 0.2) is 0 Å². The van der Waals surface area contributed by atoms with Gasteiger partial charge in [-0.15, -0.1) is 0 Å². The largest absolute Gasteiger partial charge is 0.0725 e. The molecule has 95 valence electrons. The van der Waals surface area contributed by atoms with Crippen LogP contribution in [0, 0.1) is 6.42 Å². The molecule has 0 saturated heterocycles. The summed E-state index contributed by atoms with van der Waals surface area (Å²) in [6.07, 6.45) is 7.09. The lowest BCUT2D eigenvalue weighted by molar-refractivity contribution is 0.331. The van der Waals surface area contributed by atoms with E-state index in [4.69, 9.17) is 0 Å². The van der Waals surface area contributed by atoms with Crippen LogP contribution in [0.4, 0.5) is 0 Å². The van der Waals surface area contributed by atoms with E-state index in [1.54, 1.807) is 11.1 Å². The van der Waals surface area contributed by atoms with Crippen molar-refractivity contribution in [2.45, 2.75) is 58.3 Å². The summed E-state index contributed by atoms with van der Waals surface area (Å²) in [5, 5.41) is 0. The molecule has 0 aromatic heterocycles. The summed E-state index contributed by atoms with van der Waals surface area (Å²) in [4.78, 5) is 0. The highest BCUT2D eigenvalue weighted by atomic mass is 14.4. The standard InChI is InChI=1S/C18H23/c1-12-6-7-13-10-15-16(11-14(12)13)18(4,5)9-8-17(15,2)3/h6-7,10-11H,8-9H2,1-5H3. The summed E-state index contributed by atoms with van der Waals surface area (Å²) < 4.78 is 0. The van der Waals surface area contributed by atoms with Crippen LogP contribution in [0.15, 0.2) is 18.2 Å². The third kappa shape index (κ3) is 1.58. The molecule has 2 aliphatic carbocycles. The fourth-order valence-corrected chi connectivity index (χ4v) is 3.41. The smallest absolute Gasteiger partial charge is 0.0134 e. The maximum atomic E-state index is 2.46. The van der Waals surface area contributed by atoms with Crippen LogP contribution in [0.2, 0.25) is 0 Å². The monoisotopic (exact) mass is 239 g/mol. The zero-order chi connectivity index (χ0) is 13.1. The number of allylic oxidation sites excluding steroid dienone is 2. The zero-order valence-electron chi connectivity index (χ0n) is 12.2. The number of fused-ring (bicyclic) bond motifs is 2. The number of rotatable bonds is 0. The van der Waals surface area contributed by atoms with Crippen LogP contribution in [-0.4, -0.2) is 0 Å². The van der Waals surface area contributed by atoms with Gasteiger partial charge in [0.1, 0.15) is 0 Å². The van der Waals surface area contributed by atoms with Crippen molar-refractivity contribution in [1.82, 2.24) is 0 Å². The topological polar surface area (TPSA) is 0 Å². The molecule has 0 amide bonds. The second-order valence-corrected chi connectivity index (χ2v) is 7.27. The fraction of sp³-hybridized carbons (Fsp3) is 0.500. The van der Waals surface area contributed by atoms with Crippen molar-refractivity contribution in [2.75, 3.05) is 0 Å². The summed E-state index contributed by atoms with van der Waals surface area (Å²) in [6.45, 7) is 11.8. The van der Waals surface area contributed by atoms with Gasteiger partial charge in [-0.25, -0.2) is 0 Å². The Morgan fingerprint density at radius 2 is 1.44 bits per heavy atom. The number of hydrogen-bond donors (Lipinski definition) is 0. The first kappa shape index (κ1) is 12.0. The van der Waals surface area contributed by atoms with Crippen LogP contribution in [0.25, 0.3) is 5.57 Å². The Kier molecular flexibility index (Phi) is 2.33. The molecule has 0 aliphatic heterocycles. The van der Waals surface area contributed by atoms with Crippen LogP contribution in [-0.2, 0) is 10.8 Å². The van der Waals surface area contributed by atoms with Gasteiger partial charge in [-0.05, 0) is 58.4 Å². The van der Waals surface area contributed by atoms with Gasteiger partial charge in [0.05, 0.1) is 0 Å². The minimum absolute atomic E-state index is 0.322. The van der Waals surface area contributed by atoms with Crippen LogP contribution in [0.1, 0.15) is 69.7 Å². The highest BCUT2D eigenvalue weighted by molar-refractivity contribution is 5.77. The Hall–Kier alpha value is -1.04. The van der Waals surface area contributed by atoms with E-state index in [1.807, 2.05) is 0 Å². The Balaban J connectivity index is 2.26. The van der Waals surface area contributed by atoms with Crippen molar-refractivity contribution in [2.24, 2.45) is 0 Å². The van der Waals surface area contributed by atoms with Crippen molar-refractivity contribution in [3.63, 3.8) is 0 Å². The molecule has 0 saturated carbocycles. The molecule has 3 rings (SSSR count). The molecular formula is C18H23. The minimum Gasteiger partial charge on any atom is -0.0725 e. The quantitative estimate of drug-likeness (QED) is 0.597. The van der Waals surface area contributed by atoms with E-state index in [9.17, 15) is 0 Å². The summed E-state index contributed by atoms with van der Waals surface area (Å²) in [6, 6.07) is 4.90. The Labute approximate surface area is 111 Å². The predicted octanol–water partition coefficient (Wildman–Crippen LogP) is 5.00. The SMILES string of the molecule is CC1=C[CH]c2cc3c(cc21)C(C)(C)CCC3(C)C. The van der Waals surface area contributed by atoms with Gasteiger partial charge >= 0.3 is 0 Å². The molecule has 1 aromatic rings. The molecule has 0 heterocycles. The van der Waals surface area contributed by atoms with Gasteiger partial charge < -0.3 is 0 Å². The van der Waals surface area contributed by atoms with E-state index in [0.717, 1.165) is 0 Å². The molecule has 0 nitrogen and oxygen atoms in total. The van der Waals surface area contributed by atoms with Crippen LogP contribution in [0.3, 0.4) is 0 Å². The van der Waals surface area contributed by atoms with E-state index in [-0.39, 0.29) is 0 Å². The van der Waals surface area contributed by atoms with Gasteiger partial charge in [-0.1, -0.05) is 45.9 Å². The first-order valence-corrected chi connectivity index (χ1v) is 7.02. The van der Waals surface area contributed by atoms with Crippen LogP contribution < -0.4 is 0 Å². The van der Waals surface area contributed by atoms with Gasteiger partial charge in [-0.2, -0.15) is 0 Å². The second-order valence-electron chi connectivity index (χ2n) is 7.27. The summed E-state index contributed by atoms with van der Waals surface area (Å²) in [5.74, 6) is 0. The lowest BCUT2D eigenvalue weighted by Crippen LogP contribution is -2.34. The van der Waals surface area contributed by atoms with Crippen LogP contribution >= 0.6 is 0 Å². The Morgan fingerprint density at radius 3 is 2.06 bits per heavy atom. The molecule has 0 fully saturated rings. The fourth-order valence-electron chi connectivity index (χ4n) is 3.41. The molecule has 2 aliphatic rings. The van der Waals surface area contributed by atoms with Crippen molar-refractivity contribution < 1.29 is 0 Å². The Bertz CT molecular complexity index is 541. The first-order valence-electron chi connectivity index (χ1n) is 7.02. The number of hydrogen-bond acceptors (Lipinski definition) is 0. The van der Waals surface area contributed by atoms with E-state index >= 15 is 0 Å². The maximum Gasteiger partial charge on any atom is 0.0134 e. The summed E-state index contributed by atoms with van der Waals surface area (Å²) in [5.41, 5.74) is 8.05. The summed E-state index contributed by atoms with van der Waals surface area (Å²) in [7, 11) is 0. The van der Waals surface area contributed by atoms with E-state index < -0.39 is 0 Å². The van der Waals surface area contributed by atoms with Crippen molar-refractivity contribution in [3.8, 4) is 0 Å². The lowest BCUT2D eigenvalue weighted by Gasteiger charge is -2.42. The normalized spacial score (nSPS) is 23.3. The van der Waals surface area contributed by atoms with Gasteiger partial charge in [0.25, 0.3) is 0 Å². The van der Waals surface area contributed by atoms with Crippen LogP contribution in [0.5, 0.6) is 0 Å². The van der Waals surface area contributed by atoms with Crippen molar-refractivity contribution in [3.05, 3.63) is 46.9 Å². The molecular weight excluding hydrogens is 216 g/mol. The van der Waals surface area contributed by atoms with Gasteiger partial charge in [0, 0.05) is 6.42 Å². The predicted molar refractivity (Wildman–Crippen MR) is 78.8 cm³/mol. The molecule has 0 bridgehead atoms. The molecule has 0 atom stereocenters. The molecule has 1 aromatic carbocycles. The zero-order valence-corrected chi connectivity index (χ0v) is 12.2. The van der Waals surface area contributed by atoms with Gasteiger partial charge in [-0.3, -0.25) is 0 Å². The Morgan fingerprint density at radius 1 is 0.889 bits per heavy atom. The number of benzene rings is 1. The third-order valence-electron chi connectivity index (χ3n) is 4.96. The molecule has 1 radical (unpaired) electrons. The lowest BCUT2D eigenvalue weighted by atomic mass is 9.62. The summed E-state index contributed by atoms with van der Waals surface area (Å²) >= 11 is 0. The molecule has 18 heavy (non-hydrogen) atoms.